The molecule has 1 amide bonds. The van der Waals surface area contributed by atoms with E-state index < -0.39 is 0 Å². The molecule has 0 radical (unpaired) electrons. The summed E-state index contributed by atoms with van der Waals surface area (Å²) in [5, 5.41) is 0. The molecule has 0 N–H and O–H groups in total. The van der Waals surface area contributed by atoms with Gasteiger partial charge in [-0.15, -0.1) is 0 Å². The third kappa shape index (κ3) is 4.64. The minimum Gasteiger partial charge on any atom is -0.359 e. The number of likely N-dealkylation sites (N-methyl/N-ethyl adjacent to an activating group) is 1. The second-order valence-corrected chi connectivity index (χ2v) is 8.76. The van der Waals surface area contributed by atoms with Crippen LogP contribution in [0.25, 0.3) is 0 Å². The Morgan fingerprint density at radius 2 is 1.87 bits per heavy atom. The molecule has 160 valence electrons. The van der Waals surface area contributed by atoms with Gasteiger partial charge in [-0.1, -0.05) is 30.3 Å². The van der Waals surface area contributed by atoms with Crippen LogP contribution in [0.15, 0.2) is 30.3 Å². The Hall–Kier alpha value is -2.47. The van der Waals surface area contributed by atoms with E-state index in [-0.39, 0.29) is 5.91 Å². The molecule has 2 aromatic rings. The maximum absolute atomic E-state index is 12.0. The number of fused-ring (bicyclic) bond motifs is 1. The van der Waals surface area contributed by atoms with E-state index in [2.05, 4.69) is 54.2 Å². The highest BCUT2D eigenvalue weighted by Crippen LogP contribution is 2.31. The maximum atomic E-state index is 12.0. The number of benzene rings is 1. The molecule has 6 nitrogen and oxygen atoms in total. The number of anilines is 1. The van der Waals surface area contributed by atoms with E-state index in [0.717, 1.165) is 74.8 Å². The first-order valence-electron chi connectivity index (χ1n) is 11.1. The van der Waals surface area contributed by atoms with Gasteiger partial charge in [-0.3, -0.25) is 4.79 Å². The zero-order chi connectivity index (χ0) is 21.1. The number of amides is 1. The van der Waals surface area contributed by atoms with Gasteiger partial charge >= 0.3 is 0 Å². The molecule has 1 aromatic carbocycles. The highest BCUT2D eigenvalue weighted by Gasteiger charge is 2.28. The molecule has 0 atom stereocenters. The Labute approximate surface area is 179 Å². The molecule has 1 fully saturated rings. The summed E-state index contributed by atoms with van der Waals surface area (Å²) >= 11 is 0. The summed E-state index contributed by atoms with van der Waals surface area (Å²) in [7, 11) is 4.31. The molecule has 1 aromatic heterocycles. The number of hydrogen-bond acceptors (Lipinski definition) is 5. The van der Waals surface area contributed by atoms with Gasteiger partial charge in [0.2, 0.25) is 5.91 Å². The number of nitrogens with zero attached hydrogens (tertiary/aromatic N) is 5. The molecule has 0 bridgehead atoms. The molecular weight excluding hydrogens is 374 g/mol. The molecule has 3 heterocycles. The van der Waals surface area contributed by atoms with Gasteiger partial charge in [0.25, 0.3) is 0 Å². The summed E-state index contributed by atoms with van der Waals surface area (Å²) in [6.07, 6.45) is 4.01. The predicted octanol–water partition coefficient (Wildman–Crippen LogP) is 2.87. The van der Waals surface area contributed by atoms with Crippen molar-refractivity contribution >= 4 is 11.7 Å². The summed E-state index contributed by atoms with van der Waals surface area (Å²) in [6, 6.07) is 10.6. The van der Waals surface area contributed by atoms with Crippen molar-refractivity contribution in [3.63, 3.8) is 0 Å². The number of aromatic nitrogens is 2. The molecule has 2 aliphatic rings. The van der Waals surface area contributed by atoms with E-state index in [1.54, 1.807) is 6.92 Å². The molecule has 1 saturated heterocycles. The van der Waals surface area contributed by atoms with Crippen LogP contribution in [0.4, 0.5) is 5.82 Å². The molecule has 0 saturated carbocycles. The topological polar surface area (TPSA) is 52.6 Å². The average molecular weight is 408 g/mol. The number of hydrogen-bond donors (Lipinski definition) is 0. The predicted molar refractivity (Wildman–Crippen MR) is 120 cm³/mol. The van der Waals surface area contributed by atoms with Gasteiger partial charge in [0.1, 0.15) is 11.6 Å². The summed E-state index contributed by atoms with van der Waals surface area (Å²) in [5.74, 6) is 2.56. The Balaban J connectivity index is 1.61. The first-order chi connectivity index (χ1) is 14.5. The third-order valence-electron chi connectivity index (χ3n) is 6.53. The second kappa shape index (κ2) is 9.13. The second-order valence-electron chi connectivity index (χ2n) is 8.76. The van der Waals surface area contributed by atoms with E-state index in [4.69, 9.17) is 9.97 Å². The Bertz CT molecular complexity index is 877. The van der Waals surface area contributed by atoms with Crippen LogP contribution < -0.4 is 4.90 Å². The molecule has 0 aliphatic carbocycles. The van der Waals surface area contributed by atoms with Gasteiger partial charge < -0.3 is 14.7 Å². The zero-order valence-corrected chi connectivity index (χ0v) is 18.5. The van der Waals surface area contributed by atoms with E-state index in [1.165, 1.54) is 5.56 Å². The lowest BCUT2D eigenvalue weighted by molar-refractivity contribution is -0.129. The number of carbonyl (C=O) groups is 1. The van der Waals surface area contributed by atoms with Gasteiger partial charge in [0, 0.05) is 45.0 Å². The van der Waals surface area contributed by atoms with Crippen molar-refractivity contribution < 1.29 is 4.79 Å². The van der Waals surface area contributed by atoms with Crippen LogP contribution in [0, 0.1) is 0 Å². The fourth-order valence-electron chi connectivity index (χ4n) is 4.50. The van der Waals surface area contributed by atoms with E-state index in [1.807, 2.05) is 4.90 Å². The molecule has 0 spiro atoms. The molecule has 6 heteroatoms. The largest absolute Gasteiger partial charge is 0.359 e. The zero-order valence-electron chi connectivity index (χ0n) is 18.5. The number of likely N-dealkylation sites (tertiary alicyclic amines) is 1. The minimum absolute atomic E-state index is 0.123. The van der Waals surface area contributed by atoms with Crippen molar-refractivity contribution in [2.24, 2.45) is 0 Å². The van der Waals surface area contributed by atoms with Crippen molar-refractivity contribution in [3.05, 3.63) is 53.0 Å². The SMILES string of the molecule is CC(=O)N1CCc2nc(C3CCN(C)CC3)nc(N(C)CCc3ccccc3)c2C1. The van der Waals surface area contributed by atoms with Gasteiger partial charge in [0.15, 0.2) is 0 Å². The summed E-state index contributed by atoms with van der Waals surface area (Å²) in [6.45, 7) is 6.10. The van der Waals surface area contributed by atoms with Crippen LogP contribution in [-0.2, 0) is 24.2 Å². The fraction of sp³-hybridized carbons (Fsp3) is 0.542. The summed E-state index contributed by atoms with van der Waals surface area (Å²) in [5.41, 5.74) is 3.59. The van der Waals surface area contributed by atoms with Crippen LogP contribution >= 0.6 is 0 Å². The van der Waals surface area contributed by atoms with Gasteiger partial charge in [-0.2, -0.15) is 0 Å². The highest BCUT2D eigenvalue weighted by molar-refractivity contribution is 5.74. The maximum Gasteiger partial charge on any atom is 0.219 e. The lowest BCUT2D eigenvalue weighted by Gasteiger charge is -2.33. The fourth-order valence-corrected chi connectivity index (χ4v) is 4.50. The van der Waals surface area contributed by atoms with Gasteiger partial charge in [-0.05, 0) is 45.0 Å². The Kier molecular flexibility index (Phi) is 6.32. The van der Waals surface area contributed by atoms with Crippen molar-refractivity contribution in [1.82, 2.24) is 19.8 Å². The smallest absolute Gasteiger partial charge is 0.219 e. The normalized spacial score (nSPS) is 17.6. The van der Waals surface area contributed by atoms with Crippen molar-refractivity contribution in [3.8, 4) is 0 Å². The van der Waals surface area contributed by atoms with Gasteiger partial charge in [0.05, 0.1) is 12.2 Å². The van der Waals surface area contributed by atoms with E-state index in [9.17, 15) is 4.79 Å². The standard InChI is InChI=1S/C24H33N5O/c1-18(30)29-16-12-22-21(17-29)24(28(3)15-9-19-7-5-4-6-8-19)26-23(25-22)20-10-13-27(2)14-11-20/h4-8,20H,9-17H2,1-3H3. The van der Waals surface area contributed by atoms with Crippen LogP contribution in [0.1, 0.15) is 48.3 Å². The summed E-state index contributed by atoms with van der Waals surface area (Å²) < 4.78 is 0. The first kappa shape index (κ1) is 20.8. The Morgan fingerprint density at radius 3 is 2.57 bits per heavy atom. The third-order valence-corrected chi connectivity index (χ3v) is 6.53. The van der Waals surface area contributed by atoms with E-state index in [0.29, 0.717) is 12.5 Å². The van der Waals surface area contributed by atoms with Crippen LogP contribution in [-0.4, -0.2) is 65.9 Å². The van der Waals surface area contributed by atoms with E-state index >= 15 is 0 Å². The van der Waals surface area contributed by atoms with Crippen LogP contribution in [0.2, 0.25) is 0 Å². The molecule has 2 aliphatic heterocycles. The average Bonchev–Trinajstić information content (AvgIpc) is 2.77. The Morgan fingerprint density at radius 1 is 1.13 bits per heavy atom. The quantitative estimate of drug-likeness (QED) is 0.763. The highest BCUT2D eigenvalue weighted by atomic mass is 16.2. The number of piperidine rings is 1. The molecule has 4 rings (SSSR count). The number of rotatable bonds is 5. The summed E-state index contributed by atoms with van der Waals surface area (Å²) in [4.78, 5) is 28.7. The van der Waals surface area contributed by atoms with Crippen molar-refractivity contribution in [2.45, 2.75) is 45.1 Å². The molecule has 30 heavy (non-hydrogen) atoms. The van der Waals surface area contributed by atoms with Crippen LogP contribution in [0.3, 0.4) is 0 Å². The molecular formula is C24H33N5O. The first-order valence-corrected chi connectivity index (χ1v) is 11.1. The van der Waals surface area contributed by atoms with Gasteiger partial charge in [-0.25, -0.2) is 9.97 Å². The molecule has 0 unspecified atom stereocenters. The van der Waals surface area contributed by atoms with Crippen molar-refractivity contribution in [2.75, 3.05) is 45.2 Å². The minimum atomic E-state index is 0.123. The number of carbonyl (C=O) groups excluding carboxylic acids is 1. The van der Waals surface area contributed by atoms with Crippen molar-refractivity contribution in [1.29, 1.82) is 0 Å². The lowest BCUT2D eigenvalue weighted by atomic mass is 9.95. The lowest BCUT2D eigenvalue weighted by Crippen LogP contribution is -2.37. The monoisotopic (exact) mass is 407 g/mol. The van der Waals surface area contributed by atoms with Crippen LogP contribution in [0.5, 0.6) is 0 Å².